The molecule has 2 aromatic rings. The average molecular weight is 308 g/mol. The standard InChI is InChI=1S/C19H21BO3/c1-2-3-14-4-8-17(9-5-14)19(21)13-15-6-7-16-10-11-23-20(22)18(16)12-15/h4-9,12,22H,2-3,10-11,13H2,1H3. The first-order chi connectivity index (χ1) is 11.2. The SMILES string of the molecule is CCCc1ccc(C(=O)Cc2ccc3c(c2)B(O)OCC3)cc1. The lowest BCUT2D eigenvalue weighted by molar-refractivity contribution is 0.0993. The molecule has 0 unspecified atom stereocenters. The lowest BCUT2D eigenvalue weighted by atomic mass is 9.73. The number of Topliss-reactive ketones (excluding diaryl/α,β-unsaturated/α-hetero) is 1. The maximum atomic E-state index is 12.4. The summed E-state index contributed by atoms with van der Waals surface area (Å²) in [4.78, 5) is 12.4. The Balaban J connectivity index is 1.73. The third-order valence-corrected chi connectivity index (χ3v) is 4.30. The maximum absolute atomic E-state index is 12.4. The molecule has 0 saturated carbocycles. The highest BCUT2D eigenvalue weighted by molar-refractivity contribution is 6.60. The Morgan fingerprint density at radius 1 is 1.17 bits per heavy atom. The van der Waals surface area contributed by atoms with E-state index in [9.17, 15) is 9.82 Å². The van der Waals surface area contributed by atoms with Crippen LogP contribution >= 0.6 is 0 Å². The molecular formula is C19H21BO3. The predicted molar refractivity (Wildman–Crippen MR) is 92.2 cm³/mol. The van der Waals surface area contributed by atoms with Crippen molar-refractivity contribution in [3.63, 3.8) is 0 Å². The Labute approximate surface area is 137 Å². The van der Waals surface area contributed by atoms with Crippen molar-refractivity contribution in [1.82, 2.24) is 0 Å². The van der Waals surface area contributed by atoms with Crippen molar-refractivity contribution in [2.24, 2.45) is 0 Å². The van der Waals surface area contributed by atoms with Gasteiger partial charge >= 0.3 is 7.12 Å². The molecule has 1 aliphatic rings. The molecule has 0 saturated heterocycles. The lowest BCUT2D eigenvalue weighted by Crippen LogP contribution is -2.41. The fraction of sp³-hybridized carbons (Fsp3) is 0.316. The summed E-state index contributed by atoms with van der Waals surface area (Å²) in [5.74, 6) is 0.0965. The van der Waals surface area contributed by atoms with Crippen LogP contribution in [0.5, 0.6) is 0 Å². The molecule has 1 heterocycles. The van der Waals surface area contributed by atoms with E-state index in [4.69, 9.17) is 4.65 Å². The van der Waals surface area contributed by atoms with Gasteiger partial charge < -0.3 is 9.68 Å². The highest BCUT2D eigenvalue weighted by atomic mass is 16.5. The van der Waals surface area contributed by atoms with Crippen LogP contribution < -0.4 is 5.46 Å². The van der Waals surface area contributed by atoms with Crippen molar-refractivity contribution in [2.45, 2.75) is 32.6 Å². The fourth-order valence-electron chi connectivity index (χ4n) is 3.02. The van der Waals surface area contributed by atoms with Gasteiger partial charge in [-0.15, -0.1) is 0 Å². The van der Waals surface area contributed by atoms with E-state index in [1.807, 2.05) is 42.5 Å². The summed E-state index contributed by atoms with van der Waals surface area (Å²) in [5.41, 5.74) is 4.80. The van der Waals surface area contributed by atoms with E-state index in [-0.39, 0.29) is 5.78 Å². The van der Waals surface area contributed by atoms with Crippen LogP contribution in [0.25, 0.3) is 0 Å². The summed E-state index contributed by atoms with van der Waals surface area (Å²) < 4.78 is 5.26. The van der Waals surface area contributed by atoms with Crippen molar-refractivity contribution in [3.8, 4) is 0 Å². The highest BCUT2D eigenvalue weighted by Crippen LogP contribution is 2.13. The van der Waals surface area contributed by atoms with Gasteiger partial charge in [0.25, 0.3) is 0 Å². The number of aryl methyl sites for hydroxylation is 1. The molecule has 2 aromatic carbocycles. The van der Waals surface area contributed by atoms with Gasteiger partial charge in [-0.3, -0.25) is 4.79 Å². The molecule has 23 heavy (non-hydrogen) atoms. The third-order valence-electron chi connectivity index (χ3n) is 4.30. The Kier molecular flexibility index (Phi) is 4.94. The van der Waals surface area contributed by atoms with E-state index in [2.05, 4.69) is 6.92 Å². The van der Waals surface area contributed by atoms with Crippen LogP contribution in [0.2, 0.25) is 0 Å². The summed E-state index contributed by atoms with van der Waals surface area (Å²) in [6.45, 7) is 2.68. The monoisotopic (exact) mass is 308 g/mol. The molecule has 4 heteroatoms. The minimum absolute atomic E-state index is 0.0965. The van der Waals surface area contributed by atoms with Crippen molar-refractivity contribution in [1.29, 1.82) is 0 Å². The first-order valence-corrected chi connectivity index (χ1v) is 8.21. The molecule has 1 N–H and O–H groups in total. The fourth-order valence-corrected chi connectivity index (χ4v) is 3.02. The minimum Gasteiger partial charge on any atom is -0.423 e. The van der Waals surface area contributed by atoms with E-state index < -0.39 is 7.12 Å². The van der Waals surface area contributed by atoms with Crippen molar-refractivity contribution < 1.29 is 14.5 Å². The van der Waals surface area contributed by atoms with Crippen LogP contribution in [0.15, 0.2) is 42.5 Å². The molecule has 0 aliphatic carbocycles. The summed E-state index contributed by atoms with van der Waals surface area (Å²) in [7, 11) is -0.873. The molecule has 3 rings (SSSR count). The average Bonchev–Trinajstić information content (AvgIpc) is 2.56. The number of carbonyl (C=O) groups excluding carboxylic acids is 1. The zero-order chi connectivity index (χ0) is 16.2. The quantitative estimate of drug-likeness (QED) is 0.681. The minimum atomic E-state index is -0.873. The molecule has 3 nitrogen and oxygen atoms in total. The molecule has 0 aromatic heterocycles. The summed E-state index contributed by atoms with van der Waals surface area (Å²) in [6, 6.07) is 13.7. The molecule has 1 aliphatic heterocycles. The lowest BCUT2D eigenvalue weighted by Gasteiger charge is -2.19. The molecule has 0 bridgehead atoms. The van der Waals surface area contributed by atoms with E-state index >= 15 is 0 Å². The zero-order valence-electron chi connectivity index (χ0n) is 13.4. The molecule has 0 radical (unpaired) electrons. The van der Waals surface area contributed by atoms with Gasteiger partial charge in [-0.1, -0.05) is 55.8 Å². The Morgan fingerprint density at radius 2 is 1.91 bits per heavy atom. The number of ketones is 1. The first kappa shape index (κ1) is 16.0. The van der Waals surface area contributed by atoms with Crippen LogP contribution in [0.1, 0.15) is 40.4 Å². The molecule has 0 amide bonds. The molecule has 0 fully saturated rings. The first-order valence-electron chi connectivity index (χ1n) is 8.21. The number of rotatable bonds is 5. The maximum Gasteiger partial charge on any atom is 0.491 e. The van der Waals surface area contributed by atoms with Gasteiger partial charge in [0.15, 0.2) is 5.78 Å². The van der Waals surface area contributed by atoms with Gasteiger partial charge in [-0.05, 0) is 35.0 Å². The van der Waals surface area contributed by atoms with Gasteiger partial charge in [0, 0.05) is 18.6 Å². The van der Waals surface area contributed by atoms with Gasteiger partial charge in [-0.2, -0.15) is 0 Å². The molecular weight excluding hydrogens is 287 g/mol. The van der Waals surface area contributed by atoms with Gasteiger partial charge in [0.1, 0.15) is 0 Å². The topological polar surface area (TPSA) is 46.5 Å². The number of carbonyl (C=O) groups is 1. The molecule has 0 atom stereocenters. The van der Waals surface area contributed by atoms with Crippen molar-refractivity contribution in [2.75, 3.05) is 6.61 Å². The van der Waals surface area contributed by atoms with Crippen LogP contribution in [-0.2, 0) is 23.9 Å². The Bertz CT molecular complexity index is 694. The van der Waals surface area contributed by atoms with Gasteiger partial charge in [0.05, 0.1) is 0 Å². The second-order valence-electron chi connectivity index (χ2n) is 6.05. The number of hydrogen-bond donors (Lipinski definition) is 1. The summed E-state index contributed by atoms with van der Waals surface area (Å²) in [6.07, 6.45) is 3.29. The molecule has 0 spiro atoms. The number of benzene rings is 2. The van der Waals surface area contributed by atoms with E-state index in [0.29, 0.717) is 13.0 Å². The number of hydrogen-bond acceptors (Lipinski definition) is 3. The van der Waals surface area contributed by atoms with Crippen LogP contribution in [0, 0.1) is 0 Å². The Hall–Kier alpha value is -1.91. The van der Waals surface area contributed by atoms with E-state index in [1.165, 1.54) is 5.56 Å². The largest absolute Gasteiger partial charge is 0.491 e. The van der Waals surface area contributed by atoms with Gasteiger partial charge in [-0.25, -0.2) is 0 Å². The predicted octanol–water partition coefficient (Wildman–Crippen LogP) is 2.32. The summed E-state index contributed by atoms with van der Waals surface area (Å²) >= 11 is 0. The normalized spacial score (nSPS) is 13.7. The van der Waals surface area contributed by atoms with Crippen molar-refractivity contribution >= 4 is 18.4 Å². The van der Waals surface area contributed by atoms with Gasteiger partial charge in [0.2, 0.25) is 0 Å². The van der Waals surface area contributed by atoms with Crippen molar-refractivity contribution in [3.05, 3.63) is 64.7 Å². The summed E-state index contributed by atoms with van der Waals surface area (Å²) in [5, 5.41) is 9.91. The Morgan fingerprint density at radius 3 is 2.65 bits per heavy atom. The second-order valence-corrected chi connectivity index (χ2v) is 6.05. The van der Waals surface area contributed by atoms with Crippen LogP contribution in [0.4, 0.5) is 0 Å². The van der Waals surface area contributed by atoms with E-state index in [0.717, 1.165) is 41.4 Å². The van der Waals surface area contributed by atoms with Crippen LogP contribution in [0.3, 0.4) is 0 Å². The molecule has 118 valence electrons. The number of fused-ring (bicyclic) bond motifs is 1. The highest BCUT2D eigenvalue weighted by Gasteiger charge is 2.25. The van der Waals surface area contributed by atoms with E-state index in [1.54, 1.807) is 0 Å². The third kappa shape index (κ3) is 3.71. The zero-order valence-corrected chi connectivity index (χ0v) is 13.4. The smallest absolute Gasteiger partial charge is 0.423 e. The second kappa shape index (κ2) is 7.11. The van der Waals surface area contributed by atoms with Crippen LogP contribution in [-0.4, -0.2) is 24.5 Å².